The zero-order chi connectivity index (χ0) is 14.0. The predicted octanol–water partition coefficient (Wildman–Crippen LogP) is 1.62. The minimum Gasteiger partial charge on any atom is -0.478 e. The van der Waals surface area contributed by atoms with Gasteiger partial charge in [0.2, 0.25) is 0 Å². The van der Waals surface area contributed by atoms with Crippen molar-refractivity contribution < 1.29 is 9.90 Å². The minimum absolute atomic E-state index is 0.312. The first-order valence-electron chi connectivity index (χ1n) is 6.64. The van der Waals surface area contributed by atoms with Crippen molar-refractivity contribution in [1.82, 2.24) is 9.88 Å². The molecule has 0 aliphatic carbocycles. The van der Waals surface area contributed by atoms with Crippen molar-refractivity contribution in [2.75, 3.05) is 31.6 Å². The highest BCUT2D eigenvalue weighted by Gasteiger charge is 2.21. The molecule has 5 heteroatoms. The maximum atomic E-state index is 11.1. The molecule has 1 aliphatic heterocycles. The van der Waals surface area contributed by atoms with Crippen molar-refractivity contribution in [3.8, 4) is 0 Å². The molecular formula is C14H21N3O2. The zero-order valence-electron chi connectivity index (χ0n) is 11.8. The van der Waals surface area contributed by atoms with Gasteiger partial charge in [0.15, 0.2) is 0 Å². The summed E-state index contributed by atoms with van der Waals surface area (Å²) in [5, 5.41) is 9.14. The number of carbonyl (C=O) groups is 1. The number of carboxylic acids is 1. The Morgan fingerprint density at radius 2 is 2.16 bits per heavy atom. The third-order valence-corrected chi connectivity index (χ3v) is 3.53. The molecule has 19 heavy (non-hydrogen) atoms. The standard InChI is InChI=1S/C14H21N3O2/c1-10-7-12(14(18)19)8-13(15-10)17-6-4-5-16(3)9-11(17)2/h7-8,11H,4-6,9H2,1-3H3,(H,18,19). The van der Waals surface area contributed by atoms with Gasteiger partial charge in [-0.2, -0.15) is 0 Å². The van der Waals surface area contributed by atoms with E-state index in [4.69, 9.17) is 5.11 Å². The molecule has 5 nitrogen and oxygen atoms in total. The number of hydrogen-bond donors (Lipinski definition) is 1. The van der Waals surface area contributed by atoms with Crippen molar-refractivity contribution in [2.24, 2.45) is 0 Å². The number of aryl methyl sites for hydroxylation is 1. The third-order valence-electron chi connectivity index (χ3n) is 3.53. The van der Waals surface area contributed by atoms with Crippen molar-refractivity contribution in [3.05, 3.63) is 23.4 Å². The van der Waals surface area contributed by atoms with E-state index in [1.807, 2.05) is 6.92 Å². The van der Waals surface area contributed by atoms with Crippen molar-refractivity contribution in [3.63, 3.8) is 0 Å². The number of carboxylic acid groups (broad SMARTS) is 1. The van der Waals surface area contributed by atoms with Gasteiger partial charge in [-0.1, -0.05) is 0 Å². The van der Waals surface area contributed by atoms with Gasteiger partial charge in [-0.05, 0) is 46.0 Å². The number of likely N-dealkylation sites (N-methyl/N-ethyl adjacent to an activating group) is 1. The van der Waals surface area contributed by atoms with Gasteiger partial charge >= 0.3 is 5.97 Å². The summed E-state index contributed by atoms with van der Waals surface area (Å²) in [6, 6.07) is 3.63. The smallest absolute Gasteiger partial charge is 0.335 e. The van der Waals surface area contributed by atoms with Gasteiger partial charge in [-0.25, -0.2) is 9.78 Å². The average Bonchev–Trinajstić information content (AvgIpc) is 2.49. The largest absolute Gasteiger partial charge is 0.478 e. The van der Waals surface area contributed by atoms with Crippen LogP contribution in [0.3, 0.4) is 0 Å². The Balaban J connectivity index is 2.31. The summed E-state index contributed by atoms with van der Waals surface area (Å²) < 4.78 is 0. The molecule has 0 aromatic carbocycles. The molecule has 1 N–H and O–H groups in total. The van der Waals surface area contributed by atoms with E-state index in [2.05, 4.69) is 28.8 Å². The van der Waals surface area contributed by atoms with Crippen LogP contribution in [0.25, 0.3) is 0 Å². The molecule has 2 heterocycles. The summed E-state index contributed by atoms with van der Waals surface area (Å²) in [6.07, 6.45) is 1.07. The van der Waals surface area contributed by atoms with Crippen LogP contribution in [-0.4, -0.2) is 53.7 Å². The molecule has 0 spiro atoms. The summed E-state index contributed by atoms with van der Waals surface area (Å²) in [5.74, 6) is -0.119. The molecule has 1 unspecified atom stereocenters. The Kier molecular flexibility index (Phi) is 4.04. The van der Waals surface area contributed by atoms with Crippen LogP contribution in [0.5, 0.6) is 0 Å². The molecule has 104 valence electrons. The summed E-state index contributed by atoms with van der Waals surface area (Å²) in [4.78, 5) is 20.2. The number of aromatic carboxylic acids is 1. The second-order valence-electron chi connectivity index (χ2n) is 5.32. The lowest BCUT2D eigenvalue weighted by Crippen LogP contribution is -2.38. The summed E-state index contributed by atoms with van der Waals surface area (Å²) in [6.45, 7) is 6.95. The van der Waals surface area contributed by atoms with Crippen molar-refractivity contribution in [2.45, 2.75) is 26.3 Å². The fraction of sp³-hybridized carbons (Fsp3) is 0.571. The molecule has 1 atom stereocenters. The highest BCUT2D eigenvalue weighted by atomic mass is 16.4. The molecule has 0 saturated carbocycles. The van der Waals surface area contributed by atoms with E-state index in [1.165, 1.54) is 0 Å². The lowest BCUT2D eigenvalue weighted by molar-refractivity contribution is 0.0696. The number of hydrogen-bond acceptors (Lipinski definition) is 4. The monoisotopic (exact) mass is 263 g/mol. The van der Waals surface area contributed by atoms with E-state index in [-0.39, 0.29) is 0 Å². The van der Waals surface area contributed by atoms with Gasteiger partial charge in [-0.15, -0.1) is 0 Å². The lowest BCUT2D eigenvalue weighted by atomic mass is 10.2. The van der Waals surface area contributed by atoms with E-state index < -0.39 is 5.97 Å². The van der Waals surface area contributed by atoms with Crippen molar-refractivity contribution in [1.29, 1.82) is 0 Å². The van der Waals surface area contributed by atoms with Crippen LogP contribution in [0.1, 0.15) is 29.4 Å². The molecule has 2 rings (SSSR count). The Labute approximate surface area is 113 Å². The van der Waals surface area contributed by atoms with Crippen LogP contribution in [0.4, 0.5) is 5.82 Å². The van der Waals surface area contributed by atoms with Gasteiger partial charge in [0.25, 0.3) is 0 Å². The van der Waals surface area contributed by atoms with Gasteiger partial charge < -0.3 is 14.9 Å². The first kappa shape index (κ1) is 13.8. The van der Waals surface area contributed by atoms with Crippen LogP contribution in [0, 0.1) is 6.92 Å². The summed E-state index contributed by atoms with van der Waals surface area (Å²) in [5.41, 5.74) is 1.06. The van der Waals surface area contributed by atoms with Crippen LogP contribution in [-0.2, 0) is 0 Å². The van der Waals surface area contributed by atoms with E-state index >= 15 is 0 Å². The molecular weight excluding hydrogens is 242 g/mol. The molecule has 0 bridgehead atoms. The maximum absolute atomic E-state index is 11.1. The highest BCUT2D eigenvalue weighted by Crippen LogP contribution is 2.20. The van der Waals surface area contributed by atoms with Crippen LogP contribution in [0.15, 0.2) is 12.1 Å². The Morgan fingerprint density at radius 3 is 2.84 bits per heavy atom. The van der Waals surface area contributed by atoms with E-state index in [0.717, 1.165) is 37.6 Å². The van der Waals surface area contributed by atoms with E-state index in [1.54, 1.807) is 12.1 Å². The van der Waals surface area contributed by atoms with Gasteiger partial charge in [-0.3, -0.25) is 0 Å². The Bertz CT molecular complexity index is 476. The minimum atomic E-state index is -0.897. The maximum Gasteiger partial charge on any atom is 0.335 e. The number of pyridine rings is 1. The molecule has 0 radical (unpaired) electrons. The zero-order valence-corrected chi connectivity index (χ0v) is 11.8. The van der Waals surface area contributed by atoms with Crippen molar-refractivity contribution >= 4 is 11.8 Å². The number of anilines is 1. The second kappa shape index (κ2) is 5.57. The molecule has 1 fully saturated rings. The lowest BCUT2D eigenvalue weighted by Gasteiger charge is -2.29. The predicted molar refractivity (Wildman–Crippen MR) is 74.9 cm³/mol. The second-order valence-corrected chi connectivity index (χ2v) is 5.32. The Morgan fingerprint density at radius 1 is 1.42 bits per heavy atom. The molecule has 1 saturated heterocycles. The molecule has 1 aromatic heterocycles. The fourth-order valence-electron chi connectivity index (χ4n) is 2.63. The van der Waals surface area contributed by atoms with Gasteiger partial charge in [0.05, 0.1) is 5.56 Å². The average molecular weight is 263 g/mol. The summed E-state index contributed by atoms with van der Waals surface area (Å²) >= 11 is 0. The van der Waals surface area contributed by atoms with Crippen LogP contribution >= 0.6 is 0 Å². The topological polar surface area (TPSA) is 56.7 Å². The van der Waals surface area contributed by atoms with Gasteiger partial charge in [0.1, 0.15) is 5.82 Å². The molecule has 1 aliphatic rings. The normalized spacial score (nSPS) is 21.2. The van der Waals surface area contributed by atoms with E-state index in [0.29, 0.717) is 11.6 Å². The van der Waals surface area contributed by atoms with Gasteiger partial charge in [0, 0.05) is 24.8 Å². The number of aromatic nitrogens is 1. The first-order chi connectivity index (χ1) is 8.97. The first-order valence-corrected chi connectivity index (χ1v) is 6.64. The number of rotatable bonds is 2. The van der Waals surface area contributed by atoms with Crippen LogP contribution < -0.4 is 4.90 Å². The summed E-state index contributed by atoms with van der Waals surface area (Å²) in [7, 11) is 2.12. The quantitative estimate of drug-likeness (QED) is 0.878. The van der Waals surface area contributed by atoms with E-state index in [9.17, 15) is 4.79 Å². The number of nitrogens with zero attached hydrogens (tertiary/aromatic N) is 3. The molecule has 1 aromatic rings. The molecule has 0 amide bonds. The third kappa shape index (κ3) is 3.23. The SMILES string of the molecule is Cc1cc(C(=O)O)cc(N2CCCN(C)CC2C)n1. The Hall–Kier alpha value is -1.62. The highest BCUT2D eigenvalue weighted by molar-refractivity contribution is 5.88. The fourth-order valence-corrected chi connectivity index (χ4v) is 2.63. The van der Waals surface area contributed by atoms with Crippen LogP contribution in [0.2, 0.25) is 0 Å².